The van der Waals surface area contributed by atoms with Gasteiger partial charge in [-0.05, 0) is 38.1 Å². The molecule has 0 aromatic heterocycles. The fourth-order valence-electron chi connectivity index (χ4n) is 4.06. The lowest BCUT2D eigenvalue weighted by molar-refractivity contribution is -0.183. The van der Waals surface area contributed by atoms with E-state index in [0.29, 0.717) is 13.0 Å². The molecule has 0 heterocycles. The lowest BCUT2D eigenvalue weighted by Crippen LogP contribution is -2.68. The van der Waals surface area contributed by atoms with Crippen molar-refractivity contribution in [3.63, 3.8) is 0 Å². The molecule has 0 saturated heterocycles. The van der Waals surface area contributed by atoms with Gasteiger partial charge in [0.2, 0.25) is 5.91 Å². The zero-order valence-electron chi connectivity index (χ0n) is 14.5. The second-order valence-corrected chi connectivity index (χ2v) is 7.92. The molecule has 4 nitrogen and oxygen atoms in total. The van der Waals surface area contributed by atoms with Crippen LogP contribution in [0.3, 0.4) is 0 Å². The Kier molecular flexibility index (Phi) is 6.33. The molecule has 2 atom stereocenters. The number of rotatable bonds is 5. The number of nitrogens with one attached hydrogen (secondary N) is 1. The van der Waals surface area contributed by atoms with E-state index in [4.69, 9.17) is 10.5 Å². The van der Waals surface area contributed by atoms with Gasteiger partial charge >= 0.3 is 0 Å². The summed E-state index contributed by atoms with van der Waals surface area (Å²) in [6, 6.07) is 0.202. The highest BCUT2D eigenvalue weighted by Gasteiger charge is 2.58. The van der Waals surface area contributed by atoms with E-state index in [-0.39, 0.29) is 40.8 Å². The van der Waals surface area contributed by atoms with Crippen LogP contribution in [0.25, 0.3) is 0 Å². The minimum Gasteiger partial charge on any atom is -0.378 e. The molecular formula is C17H33ClN2O2. The normalized spacial score (nSPS) is 32.5. The molecule has 2 saturated carbocycles. The summed E-state index contributed by atoms with van der Waals surface area (Å²) in [7, 11) is 1.76. The van der Waals surface area contributed by atoms with Crippen LogP contribution < -0.4 is 11.1 Å². The monoisotopic (exact) mass is 332 g/mol. The van der Waals surface area contributed by atoms with Gasteiger partial charge in [-0.15, -0.1) is 12.4 Å². The third kappa shape index (κ3) is 3.44. The van der Waals surface area contributed by atoms with Crippen LogP contribution >= 0.6 is 12.4 Å². The van der Waals surface area contributed by atoms with Crippen LogP contribution in [0.15, 0.2) is 0 Å². The second kappa shape index (κ2) is 7.06. The van der Waals surface area contributed by atoms with Gasteiger partial charge in [0.05, 0.1) is 5.60 Å². The smallest absolute Gasteiger partial charge is 0.220 e. The zero-order valence-corrected chi connectivity index (χ0v) is 15.4. The minimum atomic E-state index is -0.138. The number of ether oxygens (including phenoxy) is 1. The van der Waals surface area contributed by atoms with Gasteiger partial charge in [0.15, 0.2) is 0 Å². The molecule has 130 valence electrons. The molecule has 2 rings (SSSR count). The number of carbonyl (C=O) groups excluding carboxylic acids is 1. The first kappa shape index (κ1) is 19.7. The fourth-order valence-corrected chi connectivity index (χ4v) is 4.06. The largest absolute Gasteiger partial charge is 0.378 e. The first-order valence-corrected chi connectivity index (χ1v) is 8.33. The maximum absolute atomic E-state index is 12.5. The van der Waals surface area contributed by atoms with E-state index in [1.54, 1.807) is 7.11 Å². The quantitative estimate of drug-likeness (QED) is 0.813. The van der Waals surface area contributed by atoms with Crippen molar-refractivity contribution in [1.29, 1.82) is 0 Å². The van der Waals surface area contributed by atoms with Crippen molar-refractivity contribution in [2.45, 2.75) is 77.4 Å². The molecule has 2 fully saturated rings. The van der Waals surface area contributed by atoms with Crippen LogP contribution in [-0.2, 0) is 9.53 Å². The van der Waals surface area contributed by atoms with Crippen LogP contribution in [0.5, 0.6) is 0 Å². The molecule has 5 heteroatoms. The van der Waals surface area contributed by atoms with Gasteiger partial charge in [0.1, 0.15) is 0 Å². The highest BCUT2D eigenvalue weighted by Crippen LogP contribution is 2.51. The summed E-state index contributed by atoms with van der Waals surface area (Å²) >= 11 is 0. The van der Waals surface area contributed by atoms with Crippen LogP contribution in [0, 0.1) is 10.8 Å². The highest BCUT2D eigenvalue weighted by atomic mass is 35.5. The number of methoxy groups -OCH3 is 1. The number of halogens is 1. The van der Waals surface area contributed by atoms with Crippen molar-refractivity contribution in [1.82, 2.24) is 5.32 Å². The molecule has 1 amide bonds. The van der Waals surface area contributed by atoms with Crippen molar-refractivity contribution < 1.29 is 9.53 Å². The van der Waals surface area contributed by atoms with Crippen molar-refractivity contribution >= 4 is 18.3 Å². The Morgan fingerprint density at radius 3 is 2.27 bits per heavy atom. The van der Waals surface area contributed by atoms with Crippen molar-refractivity contribution in [3.05, 3.63) is 0 Å². The Labute approximate surface area is 141 Å². The maximum atomic E-state index is 12.5. The average Bonchev–Trinajstić information content (AvgIpc) is 2.47. The number of nitrogens with two attached hydrogens (primary N) is 1. The van der Waals surface area contributed by atoms with E-state index < -0.39 is 0 Å². The zero-order chi connectivity index (χ0) is 15.7. The Balaban J connectivity index is 0.00000242. The molecular weight excluding hydrogens is 300 g/mol. The van der Waals surface area contributed by atoms with Gasteiger partial charge in [-0.2, -0.15) is 0 Å². The van der Waals surface area contributed by atoms with E-state index in [1.807, 2.05) is 0 Å². The predicted octanol–water partition coefficient (Wildman–Crippen LogP) is 3.03. The predicted molar refractivity (Wildman–Crippen MR) is 92.2 cm³/mol. The topological polar surface area (TPSA) is 64.3 Å². The summed E-state index contributed by atoms with van der Waals surface area (Å²) in [5, 5.41) is 3.23. The van der Waals surface area contributed by atoms with Gasteiger partial charge in [-0.1, -0.05) is 33.1 Å². The Morgan fingerprint density at radius 2 is 1.82 bits per heavy atom. The Bertz CT molecular complexity index is 394. The van der Waals surface area contributed by atoms with Gasteiger partial charge in [0, 0.05) is 25.0 Å². The molecule has 0 aromatic carbocycles. The molecule has 3 N–H and O–H groups in total. The van der Waals surface area contributed by atoms with E-state index in [0.717, 1.165) is 19.3 Å². The standard InChI is InChI=1S/C17H32N2O2.ClH/c1-15(2)13(10-16(15,3)21-4)19-14(20)11-17(12-18)8-6-5-7-9-17;/h13H,5-12,18H2,1-4H3,(H,19,20);1H. The van der Waals surface area contributed by atoms with Crippen molar-refractivity contribution in [2.75, 3.05) is 13.7 Å². The van der Waals surface area contributed by atoms with E-state index in [1.165, 1.54) is 19.3 Å². The van der Waals surface area contributed by atoms with Gasteiger partial charge in [0.25, 0.3) is 0 Å². The lowest BCUT2D eigenvalue weighted by Gasteiger charge is -2.59. The molecule has 0 aromatic rings. The first-order valence-electron chi connectivity index (χ1n) is 8.33. The third-order valence-corrected chi connectivity index (χ3v) is 6.50. The van der Waals surface area contributed by atoms with Gasteiger partial charge in [-0.3, -0.25) is 4.79 Å². The number of hydrogen-bond acceptors (Lipinski definition) is 3. The lowest BCUT2D eigenvalue weighted by atomic mass is 9.55. The Hall–Kier alpha value is -0.320. The number of amides is 1. The molecule has 2 aliphatic rings. The molecule has 0 aliphatic heterocycles. The fraction of sp³-hybridized carbons (Fsp3) is 0.941. The summed E-state index contributed by atoms with van der Waals surface area (Å²) < 4.78 is 5.62. The summed E-state index contributed by atoms with van der Waals surface area (Å²) in [4.78, 5) is 12.5. The number of carbonyl (C=O) groups is 1. The summed E-state index contributed by atoms with van der Waals surface area (Å²) in [6.45, 7) is 7.09. The molecule has 0 radical (unpaired) electrons. The minimum absolute atomic E-state index is 0. The SMILES string of the molecule is COC1(C)CC(NC(=O)CC2(CN)CCCCC2)C1(C)C.Cl. The average molecular weight is 333 g/mol. The van der Waals surface area contributed by atoms with Crippen LogP contribution in [-0.4, -0.2) is 31.2 Å². The van der Waals surface area contributed by atoms with Gasteiger partial charge < -0.3 is 15.8 Å². The molecule has 0 bridgehead atoms. The molecule has 22 heavy (non-hydrogen) atoms. The van der Waals surface area contributed by atoms with Crippen molar-refractivity contribution in [3.8, 4) is 0 Å². The summed E-state index contributed by atoms with van der Waals surface area (Å²) in [5.41, 5.74) is 5.86. The summed E-state index contributed by atoms with van der Waals surface area (Å²) in [6.07, 6.45) is 7.37. The highest BCUT2D eigenvalue weighted by molar-refractivity contribution is 5.85. The maximum Gasteiger partial charge on any atom is 0.220 e. The molecule has 2 unspecified atom stereocenters. The van der Waals surface area contributed by atoms with Crippen molar-refractivity contribution in [2.24, 2.45) is 16.6 Å². The van der Waals surface area contributed by atoms with E-state index in [2.05, 4.69) is 26.1 Å². The Morgan fingerprint density at radius 1 is 1.23 bits per heavy atom. The second-order valence-electron chi connectivity index (χ2n) is 7.92. The van der Waals surface area contributed by atoms with E-state index in [9.17, 15) is 4.79 Å². The summed E-state index contributed by atoms with van der Waals surface area (Å²) in [5.74, 6) is 0.165. The van der Waals surface area contributed by atoms with Crippen LogP contribution in [0.4, 0.5) is 0 Å². The van der Waals surface area contributed by atoms with Crippen LogP contribution in [0.2, 0.25) is 0 Å². The molecule has 2 aliphatic carbocycles. The van der Waals surface area contributed by atoms with E-state index >= 15 is 0 Å². The van der Waals surface area contributed by atoms with Gasteiger partial charge in [-0.25, -0.2) is 0 Å². The van der Waals surface area contributed by atoms with Crippen LogP contribution in [0.1, 0.15) is 65.7 Å². The molecule has 0 spiro atoms. The third-order valence-electron chi connectivity index (χ3n) is 6.50. The number of hydrogen-bond donors (Lipinski definition) is 2. The first-order chi connectivity index (χ1) is 9.78.